The Balaban J connectivity index is 1.76. The summed E-state index contributed by atoms with van der Waals surface area (Å²) in [5.41, 5.74) is 1.57. The van der Waals surface area contributed by atoms with Gasteiger partial charge < -0.3 is 20.1 Å². The molecule has 0 saturated carbocycles. The molecule has 1 amide bonds. The van der Waals surface area contributed by atoms with Crippen LogP contribution in [0.3, 0.4) is 0 Å². The molecule has 0 atom stereocenters. The third-order valence-corrected chi connectivity index (χ3v) is 5.07. The monoisotopic (exact) mass is 393 g/mol. The van der Waals surface area contributed by atoms with Crippen LogP contribution in [-0.4, -0.2) is 44.9 Å². The van der Waals surface area contributed by atoms with Gasteiger partial charge in [-0.05, 0) is 17.5 Å². The van der Waals surface area contributed by atoms with E-state index in [0.29, 0.717) is 18.8 Å². The van der Waals surface area contributed by atoms with E-state index in [1.807, 2.05) is 17.0 Å². The van der Waals surface area contributed by atoms with Gasteiger partial charge >= 0.3 is 0 Å². The van der Waals surface area contributed by atoms with Crippen molar-refractivity contribution in [3.05, 3.63) is 57.5 Å². The van der Waals surface area contributed by atoms with Crippen molar-refractivity contribution in [2.45, 2.75) is 13.0 Å². The van der Waals surface area contributed by atoms with Gasteiger partial charge in [0.15, 0.2) is 5.65 Å². The highest BCUT2D eigenvalue weighted by atomic mass is 16.3. The normalized spacial score (nSPS) is 13.2. The maximum Gasteiger partial charge on any atom is 0.268 e. The van der Waals surface area contributed by atoms with Crippen LogP contribution in [0.25, 0.3) is 11.0 Å². The smallest absolute Gasteiger partial charge is 0.268 e. The Kier molecular flexibility index (Phi) is 4.71. The van der Waals surface area contributed by atoms with E-state index in [-0.39, 0.29) is 17.6 Å². The lowest BCUT2D eigenvalue weighted by molar-refractivity contribution is -0.107. The van der Waals surface area contributed by atoms with Crippen molar-refractivity contribution in [2.75, 3.05) is 18.0 Å². The third kappa shape index (κ3) is 3.20. The van der Waals surface area contributed by atoms with Gasteiger partial charge in [-0.3, -0.25) is 14.2 Å². The Morgan fingerprint density at radius 1 is 1.31 bits per heavy atom. The number of nitrogens with zero attached hydrogens (tertiary/aromatic N) is 4. The lowest BCUT2D eigenvalue weighted by atomic mass is 10.0. The Bertz CT molecular complexity index is 1190. The molecular weight excluding hydrogens is 374 g/mol. The first-order chi connectivity index (χ1) is 14.0. The molecular formula is C20H19N5O4. The molecule has 0 saturated heterocycles. The Morgan fingerprint density at radius 3 is 2.83 bits per heavy atom. The van der Waals surface area contributed by atoms with Gasteiger partial charge in [0.05, 0.1) is 11.9 Å². The molecule has 0 spiro atoms. The fourth-order valence-electron chi connectivity index (χ4n) is 3.53. The number of aromatic nitrogens is 3. The molecule has 3 aromatic rings. The number of amides is 1. The van der Waals surface area contributed by atoms with Crippen LogP contribution in [0.2, 0.25) is 0 Å². The van der Waals surface area contributed by atoms with E-state index in [0.717, 1.165) is 13.0 Å². The number of anilines is 1. The van der Waals surface area contributed by atoms with E-state index < -0.39 is 22.8 Å². The average molecular weight is 393 g/mol. The molecule has 2 N–H and O–H groups in total. The summed E-state index contributed by atoms with van der Waals surface area (Å²) >= 11 is 0. The van der Waals surface area contributed by atoms with Gasteiger partial charge in [-0.2, -0.15) is 4.98 Å². The zero-order chi connectivity index (χ0) is 20.5. The average Bonchev–Trinajstić information content (AvgIpc) is 2.75. The van der Waals surface area contributed by atoms with Crippen molar-refractivity contribution in [3.8, 4) is 5.75 Å². The van der Waals surface area contributed by atoms with Gasteiger partial charge in [0.2, 0.25) is 5.95 Å². The fourth-order valence-corrected chi connectivity index (χ4v) is 3.53. The Hall–Kier alpha value is -3.75. The van der Waals surface area contributed by atoms with E-state index in [2.05, 4.69) is 27.4 Å². The minimum absolute atomic E-state index is 0.185. The summed E-state index contributed by atoms with van der Waals surface area (Å²) in [5, 5.41) is 12.9. The number of benzene rings is 1. The van der Waals surface area contributed by atoms with Gasteiger partial charge in [0, 0.05) is 26.3 Å². The molecule has 9 nitrogen and oxygen atoms in total. The summed E-state index contributed by atoms with van der Waals surface area (Å²) in [5.74, 6) is -0.879. The Morgan fingerprint density at radius 2 is 2.07 bits per heavy atom. The number of hydrogen-bond donors (Lipinski definition) is 2. The largest absolute Gasteiger partial charge is 0.506 e. The lowest BCUT2D eigenvalue weighted by Gasteiger charge is -2.29. The number of nitrogens with one attached hydrogen (secondary N) is 1. The highest BCUT2D eigenvalue weighted by Crippen LogP contribution is 2.27. The second-order valence-corrected chi connectivity index (χ2v) is 6.81. The standard InChI is InChI=1S/C20H19N5O4/c1-24-17-14(16(27)15(19(24)29)18(28)21-7-9-26)10-22-20(23-17)25-8-6-12-4-2-3-5-13(12)11-25/h2-5,9-10,27H,6-8,11H2,1H3,(H,21,28). The summed E-state index contributed by atoms with van der Waals surface area (Å²) in [6, 6.07) is 8.17. The van der Waals surface area contributed by atoms with Gasteiger partial charge in [0.25, 0.3) is 11.5 Å². The van der Waals surface area contributed by atoms with Crippen LogP contribution in [0, 0.1) is 0 Å². The molecule has 148 valence electrons. The van der Waals surface area contributed by atoms with Crippen LogP contribution in [0.1, 0.15) is 21.5 Å². The van der Waals surface area contributed by atoms with Crippen molar-refractivity contribution < 1.29 is 14.7 Å². The topological polar surface area (TPSA) is 117 Å². The van der Waals surface area contributed by atoms with Crippen LogP contribution >= 0.6 is 0 Å². The second kappa shape index (κ2) is 7.34. The molecule has 0 aliphatic carbocycles. The lowest BCUT2D eigenvalue weighted by Crippen LogP contribution is -2.34. The number of aromatic hydroxyl groups is 1. The van der Waals surface area contributed by atoms with Gasteiger partial charge in [-0.25, -0.2) is 4.98 Å². The van der Waals surface area contributed by atoms with Crippen LogP contribution < -0.4 is 15.8 Å². The molecule has 1 aromatic carbocycles. The van der Waals surface area contributed by atoms with Crippen molar-refractivity contribution >= 4 is 29.2 Å². The number of aldehydes is 1. The SMILES string of the molecule is Cn1c(=O)c(C(=O)NCC=O)c(O)c2cnc(N3CCc4ccccc4C3)nc21. The molecule has 9 heteroatoms. The molecule has 0 bridgehead atoms. The number of pyridine rings is 1. The number of carbonyl (C=O) groups excluding carboxylic acids is 2. The van der Waals surface area contributed by atoms with Gasteiger partial charge in [-0.1, -0.05) is 24.3 Å². The summed E-state index contributed by atoms with van der Waals surface area (Å²) < 4.78 is 1.20. The molecule has 1 aliphatic rings. The first kappa shape index (κ1) is 18.6. The van der Waals surface area contributed by atoms with Crippen LogP contribution in [0.4, 0.5) is 5.95 Å². The summed E-state index contributed by atoms with van der Waals surface area (Å²) in [6.45, 7) is 1.12. The van der Waals surface area contributed by atoms with Crippen molar-refractivity contribution in [1.29, 1.82) is 0 Å². The third-order valence-electron chi connectivity index (χ3n) is 5.07. The van der Waals surface area contributed by atoms with E-state index in [1.165, 1.54) is 28.9 Å². The maximum atomic E-state index is 12.6. The predicted molar refractivity (Wildman–Crippen MR) is 106 cm³/mol. The number of fused-ring (bicyclic) bond motifs is 2. The first-order valence-electron chi connectivity index (χ1n) is 9.13. The summed E-state index contributed by atoms with van der Waals surface area (Å²) in [6.07, 6.45) is 2.76. The van der Waals surface area contributed by atoms with Gasteiger partial charge in [-0.15, -0.1) is 0 Å². The van der Waals surface area contributed by atoms with E-state index in [9.17, 15) is 19.5 Å². The van der Waals surface area contributed by atoms with Crippen molar-refractivity contribution in [1.82, 2.24) is 19.9 Å². The first-order valence-corrected chi connectivity index (χ1v) is 9.13. The zero-order valence-corrected chi connectivity index (χ0v) is 15.8. The summed E-state index contributed by atoms with van der Waals surface area (Å²) in [4.78, 5) is 46.1. The second-order valence-electron chi connectivity index (χ2n) is 6.81. The van der Waals surface area contributed by atoms with Crippen LogP contribution in [-0.2, 0) is 24.8 Å². The number of rotatable bonds is 4. The van der Waals surface area contributed by atoms with Gasteiger partial charge in [0.1, 0.15) is 17.6 Å². The molecule has 2 aromatic heterocycles. The zero-order valence-electron chi connectivity index (χ0n) is 15.8. The minimum Gasteiger partial charge on any atom is -0.506 e. The van der Waals surface area contributed by atoms with Crippen molar-refractivity contribution in [3.63, 3.8) is 0 Å². The number of aryl methyl sites for hydroxylation is 1. The molecule has 29 heavy (non-hydrogen) atoms. The molecule has 0 unspecified atom stereocenters. The number of hydrogen-bond acceptors (Lipinski definition) is 7. The number of carbonyl (C=O) groups is 2. The molecule has 4 rings (SSSR count). The predicted octanol–water partition coefficient (Wildman–Crippen LogP) is 0.525. The van der Waals surface area contributed by atoms with Crippen LogP contribution in [0.15, 0.2) is 35.3 Å². The van der Waals surface area contributed by atoms with E-state index >= 15 is 0 Å². The highest BCUT2D eigenvalue weighted by molar-refractivity contribution is 6.02. The highest BCUT2D eigenvalue weighted by Gasteiger charge is 2.24. The quantitative estimate of drug-likeness (QED) is 0.621. The van der Waals surface area contributed by atoms with Crippen LogP contribution in [0.5, 0.6) is 5.75 Å². The summed E-state index contributed by atoms with van der Waals surface area (Å²) in [7, 11) is 1.48. The molecule has 0 radical (unpaired) electrons. The Labute approximate surface area is 165 Å². The minimum atomic E-state index is -0.825. The van der Waals surface area contributed by atoms with E-state index in [4.69, 9.17) is 0 Å². The molecule has 1 aliphatic heterocycles. The fraction of sp³-hybridized carbons (Fsp3) is 0.250. The van der Waals surface area contributed by atoms with E-state index in [1.54, 1.807) is 0 Å². The molecule has 3 heterocycles. The molecule has 0 fully saturated rings. The van der Waals surface area contributed by atoms with Crippen molar-refractivity contribution in [2.24, 2.45) is 7.05 Å². The maximum absolute atomic E-state index is 12.6.